The van der Waals surface area contributed by atoms with Gasteiger partial charge in [0.25, 0.3) is 5.91 Å². The minimum Gasteiger partial charge on any atom is -0.352 e. The van der Waals surface area contributed by atoms with Crippen LogP contribution in [-0.4, -0.2) is 60.2 Å². The molecule has 1 N–H and O–H groups in total. The van der Waals surface area contributed by atoms with Crippen LogP contribution in [0.25, 0.3) is 0 Å². The van der Waals surface area contributed by atoms with Crippen molar-refractivity contribution in [1.82, 2.24) is 15.1 Å². The van der Waals surface area contributed by atoms with Gasteiger partial charge in [0, 0.05) is 50.6 Å². The first-order valence-corrected chi connectivity index (χ1v) is 8.99. The molecule has 1 aliphatic heterocycles. The maximum atomic E-state index is 12.8. The zero-order valence-electron chi connectivity index (χ0n) is 15.3. The minimum atomic E-state index is -0.387. The Labute approximate surface area is 153 Å². The van der Waals surface area contributed by atoms with Gasteiger partial charge in [0.05, 0.1) is 0 Å². The highest BCUT2D eigenvalue weighted by atomic mass is 19.1. The van der Waals surface area contributed by atoms with Crippen molar-refractivity contribution in [2.45, 2.75) is 26.7 Å². The smallest absolute Gasteiger partial charge is 0.251 e. The maximum Gasteiger partial charge on any atom is 0.251 e. The van der Waals surface area contributed by atoms with Gasteiger partial charge in [-0.05, 0) is 30.7 Å². The zero-order valence-corrected chi connectivity index (χ0v) is 15.3. The average molecular weight is 363 g/mol. The average Bonchev–Trinajstić information content (AvgIpc) is 2.64. The largest absolute Gasteiger partial charge is 0.352 e. The molecule has 1 aromatic carbocycles. The van der Waals surface area contributed by atoms with Gasteiger partial charge >= 0.3 is 0 Å². The third kappa shape index (κ3) is 5.54. The maximum absolute atomic E-state index is 12.8. The Kier molecular flexibility index (Phi) is 7.12. The Hall–Kier alpha value is -2.44. The molecule has 1 aromatic rings. The highest BCUT2D eigenvalue weighted by Crippen LogP contribution is 2.09. The van der Waals surface area contributed by atoms with Crippen molar-refractivity contribution in [2.75, 3.05) is 32.7 Å². The highest BCUT2D eigenvalue weighted by Gasteiger charge is 2.24. The molecule has 0 aliphatic carbocycles. The first-order valence-electron chi connectivity index (χ1n) is 8.99. The monoisotopic (exact) mass is 363 g/mol. The van der Waals surface area contributed by atoms with E-state index in [0.717, 1.165) is 0 Å². The van der Waals surface area contributed by atoms with E-state index < -0.39 is 0 Å². The van der Waals surface area contributed by atoms with E-state index >= 15 is 0 Å². The first-order chi connectivity index (χ1) is 12.4. The van der Waals surface area contributed by atoms with Crippen LogP contribution in [-0.2, 0) is 9.59 Å². The summed E-state index contributed by atoms with van der Waals surface area (Å²) in [5.41, 5.74) is 0.392. The van der Waals surface area contributed by atoms with Crippen LogP contribution in [0.15, 0.2) is 24.3 Å². The van der Waals surface area contributed by atoms with Crippen molar-refractivity contribution in [3.05, 3.63) is 35.6 Å². The lowest BCUT2D eigenvalue weighted by Gasteiger charge is -2.35. The lowest BCUT2D eigenvalue weighted by molar-refractivity contribution is -0.141. The number of hydrogen-bond donors (Lipinski definition) is 1. The van der Waals surface area contributed by atoms with Gasteiger partial charge in [-0.1, -0.05) is 13.8 Å². The number of nitrogens with zero attached hydrogens (tertiary/aromatic N) is 2. The number of hydrogen-bond acceptors (Lipinski definition) is 3. The van der Waals surface area contributed by atoms with Crippen LogP contribution < -0.4 is 5.32 Å². The summed E-state index contributed by atoms with van der Waals surface area (Å²) in [6.45, 7) is 6.39. The first kappa shape index (κ1) is 19.9. The van der Waals surface area contributed by atoms with Crippen LogP contribution in [0.3, 0.4) is 0 Å². The topological polar surface area (TPSA) is 69.7 Å². The summed E-state index contributed by atoms with van der Waals surface area (Å²) < 4.78 is 12.8. The van der Waals surface area contributed by atoms with Crippen LogP contribution in [0, 0.1) is 11.7 Å². The van der Waals surface area contributed by atoms with Crippen molar-refractivity contribution in [3.8, 4) is 0 Å². The molecular weight excluding hydrogens is 337 g/mol. The van der Waals surface area contributed by atoms with E-state index in [2.05, 4.69) is 5.32 Å². The quantitative estimate of drug-likeness (QED) is 0.782. The lowest BCUT2D eigenvalue weighted by atomic mass is 10.1. The fourth-order valence-corrected chi connectivity index (χ4v) is 2.84. The second-order valence-electron chi connectivity index (χ2n) is 6.73. The van der Waals surface area contributed by atoms with Crippen molar-refractivity contribution in [3.63, 3.8) is 0 Å². The predicted octanol–water partition coefficient (Wildman–Crippen LogP) is 1.66. The third-order valence-corrected chi connectivity index (χ3v) is 4.40. The van der Waals surface area contributed by atoms with Gasteiger partial charge in [0.1, 0.15) is 5.82 Å². The molecule has 0 radical (unpaired) electrons. The van der Waals surface area contributed by atoms with Crippen molar-refractivity contribution in [1.29, 1.82) is 0 Å². The molecular formula is C19H26FN3O3. The highest BCUT2D eigenvalue weighted by molar-refractivity contribution is 5.94. The zero-order chi connectivity index (χ0) is 19.1. The predicted molar refractivity (Wildman–Crippen MR) is 96.0 cm³/mol. The molecule has 1 aliphatic rings. The summed E-state index contributed by atoms with van der Waals surface area (Å²) >= 11 is 0. The van der Waals surface area contributed by atoms with Crippen LogP contribution >= 0.6 is 0 Å². The van der Waals surface area contributed by atoms with Gasteiger partial charge < -0.3 is 15.1 Å². The molecule has 1 fully saturated rings. The van der Waals surface area contributed by atoms with Crippen molar-refractivity contribution < 1.29 is 18.8 Å². The van der Waals surface area contributed by atoms with E-state index in [1.165, 1.54) is 24.3 Å². The number of amides is 3. The molecule has 0 saturated carbocycles. The van der Waals surface area contributed by atoms with Gasteiger partial charge in [0.15, 0.2) is 0 Å². The summed E-state index contributed by atoms with van der Waals surface area (Å²) in [4.78, 5) is 39.6. The lowest BCUT2D eigenvalue weighted by Crippen LogP contribution is -2.51. The SMILES string of the molecule is CC(C)C(=O)N1CCN(C(=O)CCCNC(=O)c2ccc(F)cc2)CC1. The molecule has 1 heterocycles. The molecule has 1 saturated heterocycles. The third-order valence-electron chi connectivity index (χ3n) is 4.40. The van der Waals surface area contributed by atoms with Crippen LogP contribution in [0.5, 0.6) is 0 Å². The van der Waals surface area contributed by atoms with Gasteiger partial charge in [-0.3, -0.25) is 14.4 Å². The van der Waals surface area contributed by atoms with E-state index in [1.807, 2.05) is 13.8 Å². The molecule has 0 atom stereocenters. The van der Waals surface area contributed by atoms with E-state index in [1.54, 1.807) is 9.80 Å². The molecule has 0 unspecified atom stereocenters. The van der Waals surface area contributed by atoms with Gasteiger partial charge in [-0.15, -0.1) is 0 Å². The molecule has 3 amide bonds. The van der Waals surface area contributed by atoms with Crippen LogP contribution in [0.2, 0.25) is 0 Å². The Balaban J connectivity index is 1.66. The van der Waals surface area contributed by atoms with Crippen molar-refractivity contribution in [2.24, 2.45) is 5.92 Å². The summed E-state index contributed by atoms with van der Waals surface area (Å²) in [6.07, 6.45) is 0.888. The summed E-state index contributed by atoms with van der Waals surface area (Å²) in [5, 5.41) is 2.73. The normalized spacial score (nSPS) is 14.5. The number of piperazine rings is 1. The molecule has 2 rings (SSSR count). The second-order valence-corrected chi connectivity index (χ2v) is 6.73. The Morgan fingerprint density at radius 2 is 1.62 bits per heavy atom. The number of halogens is 1. The standard InChI is InChI=1S/C19H26FN3O3/c1-14(2)19(26)23-12-10-22(11-13-23)17(24)4-3-9-21-18(25)15-5-7-16(20)8-6-15/h5-8,14H,3-4,9-13H2,1-2H3,(H,21,25). The fourth-order valence-electron chi connectivity index (χ4n) is 2.84. The number of carbonyl (C=O) groups is 3. The van der Waals surface area contributed by atoms with E-state index in [0.29, 0.717) is 51.1 Å². The molecule has 26 heavy (non-hydrogen) atoms. The number of rotatable bonds is 6. The van der Waals surface area contributed by atoms with Gasteiger partial charge in [-0.2, -0.15) is 0 Å². The fraction of sp³-hybridized carbons (Fsp3) is 0.526. The van der Waals surface area contributed by atoms with Crippen molar-refractivity contribution >= 4 is 17.7 Å². The number of carbonyl (C=O) groups excluding carboxylic acids is 3. The minimum absolute atomic E-state index is 0.0260. The number of benzene rings is 1. The molecule has 0 aromatic heterocycles. The van der Waals surface area contributed by atoms with Gasteiger partial charge in [0.2, 0.25) is 11.8 Å². The Bertz CT molecular complexity index is 638. The molecule has 6 nitrogen and oxygen atoms in total. The summed E-state index contributed by atoms with van der Waals surface area (Å²) in [7, 11) is 0. The second kappa shape index (κ2) is 9.31. The summed E-state index contributed by atoms with van der Waals surface area (Å²) in [5.74, 6) is -0.527. The van der Waals surface area contributed by atoms with E-state index in [-0.39, 0.29) is 29.5 Å². The summed E-state index contributed by atoms with van der Waals surface area (Å²) in [6, 6.07) is 5.33. The molecule has 142 valence electrons. The molecule has 7 heteroatoms. The van der Waals surface area contributed by atoms with Gasteiger partial charge in [-0.25, -0.2) is 4.39 Å². The van der Waals surface area contributed by atoms with Crippen LogP contribution in [0.4, 0.5) is 4.39 Å². The van der Waals surface area contributed by atoms with E-state index in [9.17, 15) is 18.8 Å². The molecule has 0 spiro atoms. The Morgan fingerprint density at radius 3 is 2.19 bits per heavy atom. The van der Waals surface area contributed by atoms with Crippen LogP contribution in [0.1, 0.15) is 37.0 Å². The van der Waals surface area contributed by atoms with E-state index in [4.69, 9.17) is 0 Å². The number of nitrogens with one attached hydrogen (secondary N) is 1. The molecule has 0 bridgehead atoms. The Morgan fingerprint density at radius 1 is 1.04 bits per heavy atom.